The molecule has 192 valence electrons. The number of nitrogens with one attached hydrogen (secondary N) is 1. The van der Waals surface area contributed by atoms with Crippen molar-refractivity contribution in [3.8, 4) is 0 Å². The van der Waals surface area contributed by atoms with Crippen molar-refractivity contribution in [2.45, 2.75) is 19.3 Å². The number of anilines is 4. The van der Waals surface area contributed by atoms with Gasteiger partial charge in [0.05, 0.1) is 42.7 Å². The van der Waals surface area contributed by atoms with E-state index in [1.54, 1.807) is 12.1 Å². The Morgan fingerprint density at radius 3 is 2.08 bits per heavy atom. The van der Waals surface area contributed by atoms with E-state index in [1.165, 1.54) is 6.07 Å². The summed E-state index contributed by atoms with van der Waals surface area (Å²) in [5, 5.41) is 14.9. The van der Waals surface area contributed by atoms with E-state index in [1.807, 2.05) is 17.0 Å². The number of hydrogen-bond donors (Lipinski definition) is 1. The Morgan fingerprint density at radius 2 is 1.42 bits per heavy atom. The lowest BCUT2D eigenvalue weighted by Gasteiger charge is -2.33. The van der Waals surface area contributed by atoms with Crippen molar-refractivity contribution < 1.29 is 19.2 Å². The Balaban J connectivity index is 1.41. The van der Waals surface area contributed by atoms with Gasteiger partial charge in [0.25, 0.3) is 11.6 Å². The summed E-state index contributed by atoms with van der Waals surface area (Å²) in [7, 11) is 0. The summed E-state index contributed by atoms with van der Waals surface area (Å²) in [5.41, 5.74) is 3.52. The molecule has 1 amide bonds. The van der Waals surface area contributed by atoms with E-state index in [4.69, 9.17) is 9.47 Å². The molecule has 0 atom stereocenters. The molecule has 0 unspecified atom stereocenters. The minimum absolute atomic E-state index is 0.0272. The highest BCUT2D eigenvalue weighted by molar-refractivity contribution is 6.07. The maximum atomic E-state index is 13.3. The molecule has 2 aromatic rings. The Bertz CT molecular complexity index is 1090. The highest BCUT2D eigenvalue weighted by Gasteiger charge is 2.24. The number of benzene rings is 2. The second-order valence-corrected chi connectivity index (χ2v) is 9.36. The van der Waals surface area contributed by atoms with Gasteiger partial charge < -0.3 is 29.5 Å². The Hall–Kier alpha value is -3.37. The topological polar surface area (TPSA) is 100 Å². The average molecular weight is 496 g/mol. The molecule has 5 rings (SSSR count). The van der Waals surface area contributed by atoms with Crippen LogP contribution in [0.2, 0.25) is 0 Å². The van der Waals surface area contributed by atoms with Crippen molar-refractivity contribution >= 4 is 34.3 Å². The highest BCUT2D eigenvalue weighted by Crippen LogP contribution is 2.34. The zero-order chi connectivity index (χ0) is 24.9. The maximum Gasteiger partial charge on any atom is 0.293 e. The first-order valence-corrected chi connectivity index (χ1v) is 12.7. The van der Waals surface area contributed by atoms with Crippen molar-refractivity contribution in [2.24, 2.45) is 0 Å². The van der Waals surface area contributed by atoms with Crippen LogP contribution in [0.4, 0.5) is 28.4 Å². The number of carbonyl (C=O) groups excluding carboxylic acids is 1. The van der Waals surface area contributed by atoms with E-state index in [0.717, 1.165) is 69.9 Å². The minimum Gasteiger partial charge on any atom is -0.378 e. The zero-order valence-corrected chi connectivity index (χ0v) is 20.5. The van der Waals surface area contributed by atoms with E-state index in [-0.39, 0.29) is 17.2 Å². The van der Waals surface area contributed by atoms with Gasteiger partial charge in [0.2, 0.25) is 0 Å². The average Bonchev–Trinajstić information content (AvgIpc) is 2.94. The van der Waals surface area contributed by atoms with E-state index in [0.29, 0.717) is 37.8 Å². The van der Waals surface area contributed by atoms with Gasteiger partial charge in [-0.15, -0.1) is 0 Å². The number of nitrogens with zero attached hydrogens (tertiary/aromatic N) is 4. The van der Waals surface area contributed by atoms with E-state index < -0.39 is 4.92 Å². The van der Waals surface area contributed by atoms with Gasteiger partial charge >= 0.3 is 0 Å². The molecular weight excluding hydrogens is 462 g/mol. The summed E-state index contributed by atoms with van der Waals surface area (Å²) in [4.78, 5) is 31.3. The lowest BCUT2D eigenvalue weighted by molar-refractivity contribution is -0.384. The first kappa shape index (κ1) is 24.3. The van der Waals surface area contributed by atoms with Gasteiger partial charge in [-0.2, -0.15) is 0 Å². The number of ether oxygens (including phenoxy) is 2. The molecule has 0 aromatic heterocycles. The molecule has 0 saturated carbocycles. The molecule has 3 saturated heterocycles. The Kier molecular flexibility index (Phi) is 7.52. The van der Waals surface area contributed by atoms with Crippen LogP contribution in [0.3, 0.4) is 0 Å². The van der Waals surface area contributed by atoms with Crippen LogP contribution < -0.4 is 20.0 Å². The molecule has 0 aliphatic carbocycles. The fraction of sp³-hybridized carbons (Fsp3) is 0.500. The summed E-state index contributed by atoms with van der Waals surface area (Å²) in [6.07, 6.45) is 3.18. The summed E-state index contributed by atoms with van der Waals surface area (Å²) in [6, 6.07) is 10.8. The van der Waals surface area contributed by atoms with Crippen LogP contribution in [0, 0.1) is 10.1 Å². The number of rotatable bonds is 6. The molecule has 0 radical (unpaired) electrons. The fourth-order valence-corrected chi connectivity index (χ4v) is 5.12. The van der Waals surface area contributed by atoms with Gasteiger partial charge in [-0.25, -0.2) is 0 Å². The normalized spacial score (nSPS) is 18.7. The molecule has 3 fully saturated rings. The van der Waals surface area contributed by atoms with Crippen molar-refractivity contribution in [3.63, 3.8) is 0 Å². The highest BCUT2D eigenvalue weighted by atomic mass is 16.6. The number of hydrogen-bond acceptors (Lipinski definition) is 8. The summed E-state index contributed by atoms with van der Waals surface area (Å²) in [6.45, 7) is 7.32. The molecule has 0 bridgehead atoms. The molecule has 36 heavy (non-hydrogen) atoms. The number of nitro groups is 1. The number of nitro benzene ring substituents is 1. The molecular formula is C26H33N5O5. The van der Waals surface area contributed by atoms with Crippen LogP contribution in [0.15, 0.2) is 36.4 Å². The number of carbonyl (C=O) groups is 1. The first-order valence-electron chi connectivity index (χ1n) is 12.7. The number of piperidine rings is 1. The smallest absolute Gasteiger partial charge is 0.293 e. The van der Waals surface area contributed by atoms with E-state index in [2.05, 4.69) is 21.2 Å². The van der Waals surface area contributed by atoms with Gasteiger partial charge in [-0.05, 0) is 49.6 Å². The maximum absolute atomic E-state index is 13.3. The predicted molar refractivity (Wildman–Crippen MR) is 140 cm³/mol. The standard InChI is InChI=1S/C26H33N5O5/c32-26(20-4-7-23(25(18-20)31(33)34)29-8-2-1-3-9-29)27-22-6-5-21(28-10-14-35-15-11-28)19-24(22)30-12-16-36-17-13-30/h4-7,18-19H,1-3,8-17H2,(H,27,32). The van der Waals surface area contributed by atoms with E-state index >= 15 is 0 Å². The van der Waals surface area contributed by atoms with Crippen LogP contribution in [0.1, 0.15) is 29.6 Å². The third-order valence-electron chi connectivity index (χ3n) is 7.09. The van der Waals surface area contributed by atoms with Crippen LogP contribution >= 0.6 is 0 Å². The van der Waals surface area contributed by atoms with Crippen molar-refractivity contribution in [3.05, 3.63) is 52.1 Å². The molecule has 3 aliphatic rings. The van der Waals surface area contributed by atoms with Gasteiger partial charge in [-0.3, -0.25) is 14.9 Å². The third kappa shape index (κ3) is 5.39. The van der Waals surface area contributed by atoms with E-state index in [9.17, 15) is 14.9 Å². The number of amides is 1. The SMILES string of the molecule is O=C(Nc1ccc(N2CCOCC2)cc1N1CCOCC1)c1ccc(N2CCCCC2)c([N+](=O)[O-])c1. The van der Waals surface area contributed by atoms with Crippen molar-refractivity contribution in [1.29, 1.82) is 0 Å². The summed E-state index contributed by atoms with van der Waals surface area (Å²) >= 11 is 0. The van der Waals surface area contributed by atoms with Gasteiger partial charge in [-0.1, -0.05) is 0 Å². The second-order valence-electron chi connectivity index (χ2n) is 9.36. The second kappa shape index (κ2) is 11.1. The fourth-order valence-electron chi connectivity index (χ4n) is 5.12. The van der Waals surface area contributed by atoms with Crippen molar-refractivity contribution in [1.82, 2.24) is 0 Å². The van der Waals surface area contributed by atoms with Crippen molar-refractivity contribution in [2.75, 3.05) is 85.7 Å². The molecule has 1 N–H and O–H groups in total. The zero-order valence-electron chi connectivity index (χ0n) is 20.5. The van der Waals surface area contributed by atoms with Gasteiger partial charge in [0, 0.05) is 56.6 Å². The van der Waals surface area contributed by atoms with Gasteiger partial charge in [0.1, 0.15) is 5.69 Å². The minimum atomic E-state index is -0.392. The number of morpholine rings is 2. The monoisotopic (exact) mass is 495 g/mol. The third-order valence-corrected chi connectivity index (χ3v) is 7.09. The Labute approximate surface area is 210 Å². The molecule has 3 aliphatic heterocycles. The lowest BCUT2D eigenvalue weighted by Crippen LogP contribution is -2.38. The molecule has 0 spiro atoms. The lowest BCUT2D eigenvalue weighted by atomic mass is 10.1. The van der Waals surface area contributed by atoms with Crippen LogP contribution in [0.5, 0.6) is 0 Å². The Morgan fingerprint density at radius 1 is 0.778 bits per heavy atom. The summed E-state index contributed by atoms with van der Waals surface area (Å²) < 4.78 is 11.0. The van der Waals surface area contributed by atoms with Crippen LogP contribution in [-0.4, -0.2) is 76.5 Å². The van der Waals surface area contributed by atoms with Crippen LogP contribution in [0.25, 0.3) is 0 Å². The first-order chi connectivity index (χ1) is 17.6. The molecule has 10 nitrogen and oxygen atoms in total. The quantitative estimate of drug-likeness (QED) is 0.480. The predicted octanol–water partition coefficient (Wildman–Crippen LogP) is 3.51. The van der Waals surface area contributed by atoms with Crippen LogP contribution in [-0.2, 0) is 9.47 Å². The molecule has 3 heterocycles. The van der Waals surface area contributed by atoms with Gasteiger partial charge in [0.15, 0.2) is 0 Å². The summed E-state index contributed by atoms with van der Waals surface area (Å²) in [5.74, 6) is -0.364. The molecule has 10 heteroatoms. The molecule has 2 aromatic carbocycles. The largest absolute Gasteiger partial charge is 0.378 e.